The Morgan fingerprint density at radius 1 is 0.912 bits per heavy atom. The summed E-state index contributed by atoms with van der Waals surface area (Å²) in [5.74, 6) is 2.58. The average molecular weight is 462 g/mol. The van der Waals surface area contributed by atoms with Crippen LogP contribution in [0.15, 0.2) is 42.5 Å². The molecule has 0 N–H and O–H groups in total. The number of carbonyl (C=O) groups excluding carboxylic acids is 1. The molecule has 3 aromatic rings. The molecule has 178 valence electrons. The van der Waals surface area contributed by atoms with Crippen LogP contribution in [0.2, 0.25) is 0 Å². The maximum Gasteiger partial charge on any atom is 0.246 e. The van der Waals surface area contributed by atoms with Crippen molar-refractivity contribution in [3.8, 4) is 17.2 Å². The molecule has 1 fully saturated rings. The minimum absolute atomic E-state index is 0.0214. The van der Waals surface area contributed by atoms with E-state index in [-0.39, 0.29) is 5.91 Å². The molecule has 2 aromatic carbocycles. The second kappa shape index (κ2) is 10.0. The van der Waals surface area contributed by atoms with Crippen LogP contribution in [0.25, 0.3) is 17.0 Å². The van der Waals surface area contributed by atoms with Gasteiger partial charge in [-0.1, -0.05) is 18.2 Å². The van der Waals surface area contributed by atoms with E-state index in [4.69, 9.17) is 19.2 Å². The van der Waals surface area contributed by atoms with Crippen molar-refractivity contribution < 1.29 is 19.0 Å². The van der Waals surface area contributed by atoms with Gasteiger partial charge in [-0.3, -0.25) is 4.79 Å². The third-order valence-electron chi connectivity index (χ3n) is 6.26. The monoisotopic (exact) mass is 461 g/mol. The van der Waals surface area contributed by atoms with Gasteiger partial charge in [-0.05, 0) is 54.8 Å². The van der Waals surface area contributed by atoms with Crippen molar-refractivity contribution in [2.75, 3.05) is 52.4 Å². The van der Waals surface area contributed by atoms with E-state index in [9.17, 15) is 4.79 Å². The highest BCUT2D eigenvalue weighted by molar-refractivity contribution is 5.92. The third-order valence-corrected chi connectivity index (χ3v) is 6.26. The molecule has 0 spiro atoms. The smallest absolute Gasteiger partial charge is 0.246 e. The molecule has 0 radical (unpaired) electrons. The molecule has 0 saturated carbocycles. The van der Waals surface area contributed by atoms with Gasteiger partial charge in [0.1, 0.15) is 5.82 Å². The summed E-state index contributed by atoms with van der Waals surface area (Å²) in [5, 5.41) is 1.19. The Labute approximate surface area is 200 Å². The lowest BCUT2D eigenvalue weighted by molar-refractivity contribution is -0.126. The summed E-state index contributed by atoms with van der Waals surface area (Å²) in [6, 6.07) is 12.1. The van der Waals surface area contributed by atoms with Gasteiger partial charge in [0.2, 0.25) is 11.7 Å². The van der Waals surface area contributed by atoms with Crippen LogP contribution in [0.3, 0.4) is 0 Å². The fourth-order valence-corrected chi connectivity index (χ4v) is 4.33. The predicted molar refractivity (Wildman–Crippen MR) is 135 cm³/mol. The lowest BCUT2D eigenvalue weighted by atomic mass is 10.1. The molecule has 0 atom stereocenters. The average Bonchev–Trinajstić information content (AvgIpc) is 2.87. The zero-order valence-corrected chi connectivity index (χ0v) is 20.4. The molecular formula is C27H31N3O4. The summed E-state index contributed by atoms with van der Waals surface area (Å²) in [7, 11) is 4.71. The van der Waals surface area contributed by atoms with E-state index in [2.05, 4.69) is 43.0 Å². The number of piperazine rings is 1. The van der Waals surface area contributed by atoms with Gasteiger partial charge in [0.25, 0.3) is 0 Å². The number of aryl methyl sites for hydroxylation is 2. The standard InChI is InChI=1S/C27H31N3O4/c1-18-7-6-8-21-19(2)15-24(28-26(18)21)29-11-13-30(14-12-29)25(31)10-9-20-16-22(32-3)27(34-5)23(17-20)33-4/h6-10,15-17H,11-14H2,1-5H3/b10-9+. The Balaban J connectivity index is 1.44. The Bertz CT molecular complexity index is 1210. The minimum Gasteiger partial charge on any atom is -0.493 e. The van der Waals surface area contributed by atoms with Crippen molar-refractivity contribution in [1.82, 2.24) is 9.88 Å². The number of ether oxygens (including phenoxy) is 3. The third kappa shape index (κ3) is 4.64. The first-order valence-electron chi connectivity index (χ1n) is 11.3. The number of fused-ring (bicyclic) bond motifs is 1. The molecule has 2 heterocycles. The van der Waals surface area contributed by atoms with E-state index in [0.29, 0.717) is 30.3 Å². The first-order valence-corrected chi connectivity index (χ1v) is 11.3. The van der Waals surface area contributed by atoms with Crippen molar-refractivity contribution in [3.05, 3.63) is 59.2 Å². The molecule has 1 amide bonds. The summed E-state index contributed by atoms with van der Waals surface area (Å²) in [5.41, 5.74) is 4.24. The molecular weight excluding hydrogens is 430 g/mol. The van der Waals surface area contributed by atoms with Gasteiger partial charge in [0.15, 0.2) is 11.5 Å². The summed E-state index contributed by atoms with van der Waals surface area (Å²) >= 11 is 0. The topological polar surface area (TPSA) is 64.1 Å². The number of methoxy groups -OCH3 is 3. The molecule has 7 nitrogen and oxygen atoms in total. The van der Waals surface area contributed by atoms with Crippen molar-refractivity contribution in [3.63, 3.8) is 0 Å². The number of para-hydroxylation sites is 1. The summed E-state index contributed by atoms with van der Waals surface area (Å²) in [4.78, 5) is 21.9. The van der Waals surface area contributed by atoms with E-state index in [1.165, 1.54) is 16.5 Å². The molecule has 7 heteroatoms. The Morgan fingerprint density at radius 3 is 2.21 bits per heavy atom. The quantitative estimate of drug-likeness (QED) is 0.512. The van der Waals surface area contributed by atoms with Crippen molar-refractivity contribution in [2.24, 2.45) is 0 Å². The first-order chi connectivity index (χ1) is 16.4. The molecule has 0 unspecified atom stereocenters. The van der Waals surface area contributed by atoms with E-state index in [1.807, 2.05) is 17.0 Å². The number of benzene rings is 2. The summed E-state index contributed by atoms with van der Waals surface area (Å²) in [6.07, 6.45) is 3.37. The lowest BCUT2D eigenvalue weighted by Gasteiger charge is -2.35. The number of hydrogen-bond acceptors (Lipinski definition) is 6. The van der Waals surface area contributed by atoms with E-state index in [0.717, 1.165) is 30.0 Å². The second-order valence-corrected chi connectivity index (χ2v) is 8.37. The first kappa shape index (κ1) is 23.4. The fraction of sp³-hybridized carbons (Fsp3) is 0.333. The number of rotatable bonds is 6. The number of hydrogen-bond donors (Lipinski definition) is 0. The maximum absolute atomic E-state index is 12.8. The molecule has 0 bridgehead atoms. The summed E-state index contributed by atoms with van der Waals surface area (Å²) in [6.45, 7) is 6.99. The predicted octanol–water partition coefficient (Wildman–Crippen LogP) is 4.24. The lowest BCUT2D eigenvalue weighted by Crippen LogP contribution is -2.48. The van der Waals surface area contributed by atoms with Crippen LogP contribution in [-0.4, -0.2) is 63.3 Å². The van der Waals surface area contributed by atoms with Gasteiger partial charge in [0.05, 0.1) is 26.8 Å². The van der Waals surface area contributed by atoms with E-state index < -0.39 is 0 Å². The van der Waals surface area contributed by atoms with Crippen LogP contribution in [0.5, 0.6) is 17.2 Å². The van der Waals surface area contributed by atoms with Crippen molar-refractivity contribution >= 4 is 28.7 Å². The van der Waals surface area contributed by atoms with Crippen LogP contribution in [-0.2, 0) is 4.79 Å². The molecule has 1 saturated heterocycles. The molecule has 0 aliphatic carbocycles. The SMILES string of the molecule is COc1cc(/C=C/C(=O)N2CCN(c3cc(C)c4cccc(C)c4n3)CC2)cc(OC)c1OC. The minimum atomic E-state index is -0.0214. The number of nitrogens with zero attached hydrogens (tertiary/aromatic N) is 3. The van der Waals surface area contributed by atoms with Gasteiger partial charge >= 0.3 is 0 Å². The van der Waals surface area contributed by atoms with Crippen molar-refractivity contribution in [2.45, 2.75) is 13.8 Å². The van der Waals surface area contributed by atoms with E-state index in [1.54, 1.807) is 33.5 Å². The zero-order chi connectivity index (χ0) is 24.2. The van der Waals surface area contributed by atoms with Gasteiger partial charge in [-0.2, -0.15) is 0 Å². The Kier molecular flexibility index (Phi) is 6.91. The molecule has 34 heavy (non-hydrogen) atoms. The fourth-order valence-electron chi connectivity index (χ4n) is 4.33. The molecule has 1 aromatic heterocycles. The van der Waals surface area contributed by atoms with Gasteiger partial charge in [-0.25, -0.2) is 4.98 Å². The van der Waals surface area contributed by atoms with Crippen LogP contribution >= 0.6 is 0 Å². The number of aromatic nitrogens is 1. The Morgan fingerprint density at radius 2 is 1.59 bits per heavy atom. The number of carbonyl (C=O) groups is 1. The largest absolute Gasteiger partial charge is 0.493 e. The van der Waals surface area contributed by atoms with Gasteiger partial charge in [0, 0.05) is 37.6 Å². The highest BCUT2D eigenvalue weighted by Gasteiger charge is 2.21. The van der Waals surface area contributed by atoms with Crippen LogP contribution in [0.1, 0.15) is 16.7 Å². The van der Waals surface area contributed by atoms with Crippen LogP contribution in [0.4, 0.5) is 5.82 Å². The maximum atomic E-state index is 12.8. The van der Waals surface area contributed by atoms with Crippen molar-refractivity contribution in [1.29, 1.82) is 0 Å². The van der Waals surface area contributed by atoms with Crippen LogP contribution < -0.4 is 19.1 Å². The number of pyridine rings is 1. The molecule has 1 aliphatic heterocycles. The van der Waals surface area contributed by atoms with Crippen LogP contribution in [0, 0.1) is 13.8 Å². The van der Waals surface area contributed by atoms with Gasteiger partial charge in [-0.15, -0.1) is 0 Å². The Hall–Kier alpha value is -3.74. The number of anilines is 1. The van der Waals surface area contributed by atoms with Gasteiger partial charge < -0.3 is 24.0 Å². The molecule has 4 rings (SSSR count). The van der Waals surface area contributed by atoms with E-state index >= 15 is 0 Å². The normalized spacial score (nSPS) is 14.0. The molecule has 1 aliphatic rings. The second-order valence-electron chi connectivity index (χ2n) is 8.37. The zero-order valence-electron chi connectivity index (χ0n) is 20.4. The summed E-state index contributed by atoms with van der Waals surface area (Å²) < 4.78 is 16.1. The highest BCUT2D eigenvalue weighted by atomic mass is 16.5. The highest BCUT2D eigenvalue weighted by Crippen LogP contribution is 2.38. The number of amides is 1.